The van der Waals surface area contributed by atoms with Gasteiger partial charge in [-0.25, -0.2) is 9.37 Å². The Bertz CT molecular complexity index is 578. The first-order valence-corrected chi connectivity index (χ1v) is 6.79. The fourth-order valence-corrected chi connectivity index (χ4v) is 2.19. The highest BCUT2D eigenvalue weighted by Crippen LogP contribution is 2.20. The maximum Gasteiger partial charge on any atom is 0.145 e. The van der Waals surface area contributed by atoms with E-state index < -0.39 is 0 Å². The largest absolute Gasteiger partial charge is 0.345 e. The van der Waals surface area contributed by atoms with Gasteiger partial charge in [-0.3, -0.25) is 0 Å². The van der Waals surface area contributed by atoms with E-state index in [2.05, 4.69) is 15.3 Å². The van der Waals surface area contributed by atoms with Crippen molar-refractivity contribution in [3.8, 4) is 0 Å². The van der Waals surface area contributed by atoms with Crippen molar-refractivity contribution in [3.63, 3.8) is 0 Å². The van der Waals surface area contributed by atoms with Crippen molar-refractivity contribution in [1.29, 1.82) is 0 Å². The monoisotopic (exact) mass is 279 g/mol. The van der Waals surface area contributed by atoms with Crippen molar-refractivity contribution in [1.82, 2.24) is 15.3 Å². The summed E-state index contributed by atoms with van der Waals surface area (Å²) in [6.45, 7) is 0.787. The number of nitrogens with zero attached hydrogens (tertiary/aromatic N) is 1. The van der Waals surface area contributed by atoms with Gasteiger partial charge in [-0.2, -0.15) is 0 Å². The van der Waals surface area contributed by atoms with Crippen molar-refractivity contribution in [3.05, 3.63) is 52.3 Å². The molecule has 0 aliphatic heterocycles. The van der Waals surface area contributed by atoms with Crippen LogP contribution >= 0.6 is 11.6 Å². The van der Waals surface area contributed by atoms with Crippen molar-refractivity contribution in [2.24, 2.45) is 0 Å². The molecule has 100 valence electrons. The molecular weight excluding hydrogens is 265 g/mol. The van der Waals surface area contributed by atoms with E-state index in [9.17, 15) is 4.39 Å². The third-order valence-electron chi connectivity index (χ3n) is 3.23. The number of hydrogen-bond donors (Lipinski definition) is 2. The molecule has 1 aliphatic carbocycles. The number of aromatic amines is 1. The lowest BCUT2D eigenvalue weighted by molar-refractivity contribution is 0.612. The van der Waals surface area contributed by atoms with Crippen LogP contribution in [0.5, 0.6) is 0 Å². The fraction of sp³-hybridized carbons (Fsp3) is 0.357. The second kappa shape index (κ2) is 5.31. The molecule has 3 rings (SSSR count). The smallest absolute Gasteiger partial charge is 0.145 e. The Morgan fingerprint density at radius 2 is 2.26 bits per heavy atom. The van der Waals surface area contributed by atoms with Gasteiger partial charge in [0.05, 0.1) is 5.02 Å². The molecule has 19 heavy (non-hydrogen) atoms. The van der Waals surface area contributed by atoms with Gasteiger partial charge < -0.3 is 10.3 Å². The molecule has 0 atom stereocenters. The SMILES string of the molecule is Fc1c(Cl)cccc1Cc1ncc(CNC2CC2)[nH]1. The lowest BCUT2D eigenvalue weighted by Crippen LogP contribution is -2.15. The molecule has 5 heteroatoms. The quantitative estimate of drug-likeness (QED) is 0.883. The van der Waals surface area contributed by atoms with Gasteiger partial charge in [0, 0.05) is 30.9 Å². The maximum atomic E-state index is 13.8. The van der Waals surface area contributed by atoms with E-state index in [1.807, 2.05) is 0 Å². The summed E-state index contributed by atoms with van der Waals surface area (Å²) >= 11 is 5.76. The van der Waals surface area contributed by atoms with Gasteiger partial charge in [-0.15, -0.1) is 0 Å². The highest BCUT2D eigenvalue weighted by molar-refractivity contribution is 6.30. The third kappa shape index (κ3) is 3.14. The van der Waals surface area contributed by atoms with E-state index >= 15 is 0 Å². The first kappa shape index (κ1) is 12.6. The highest BCUT2D eigenvalue weighted by Gasteiger charge is 2.20. The number of rotatable bonds is 5. The topological polar surface area (TPSA) is 40.7 Å². The summed E-state index contributed by atoms with van der Waals surface area (Å²) in [4.78, 5) is 7.48. The predicted molar refractivity (Wildman–Crippen MR) is 72.7 cm³/mol. The van der Waals surface area contributed by atoms with Gasteiger partial charge in [0.15, 0.2) is 0 Å². The zero-order chi connectivity index (χ0) is 13.2. The molecular formula is C14H15ClFN3. The van der Waals surface area contributed by atoms with E-state index in [0.717, 1.165) is 18.1 Å². The summed E-state index contributed by atoms with van der Waals surface area (Å²) in [5.74, 6) is 0.395. The summed E-state index contributed by atoms with van der Waals surface area (Å²) in [5.41, 5.74) is 1.59. The summed E-state index contributed by atoms with van der Waals surface area (Å²) < 4.78 is 13.8. The highest BCUT2D eigenvalue weighted by atomic mass is 35.5. The molecule has 0 amide bonds. The number of hydrogen-bond acceptors (Lipinski definition) is 2. The standard InChI is InChI=1S/C14H15ClFN3/c15-12-3-1-2-9(14(12)16)6-13-18-8-11(19-13)7-17-10-4-5-10/h1-3,8,10,17H,4-7H2,(H,18,19). The minimum atomic E-state index is -0.363. The van der Waals surface area contributed by atoms with E-state index in [1.165, 1.54) is 12.8 Å². The molecule has 1 aromatic carbocycles. The zero-order valence-corrected chi connectivity index (χ0v) is 11.2. The molecule has 0 radical (unpaired) electrons. The Kier molecular flexibility index (Phi) is 3.53. The molecule has 3 nitrogen and oxygen atoms in total. The van der Waals surface area contributed by atoms with Crippen LogP contribution in [0.1, 0.15) is 29.9 Å². The molecule has 0 saturated heterocycles. The first-order chi connectivity index (χ1) is 9.22. The molecule has 1 aromatic heterocycles. The number of benzene rings is 1. The van der Waals surface area contributed by atoms with Gasteiger partial charge in [0.25, 0.3) is 0 Å². The second-order valence-electron chi connectivity index (χ2n) is 4.90. The number of halogens is 2. The van der Waals surface area contributed by atoms with Crippen molar-refractivity contribution < 1.29 is 4.39 Å². The minimum Gasteiger partial charge on any atom is -0.345 e. The Balaban J connectivity index is 1.67. The molecule has 1 fully saturated rings. The average Bonchev–Trinajstić information content (AvgIpc) is 3.13. The lowest BCUT2D eigenvalue weighted by Gasteiger charge is -2.02. The van der Waals surface area contributed by atoms with Crippen molar-refractivity contribution in [2.75, 3.05) is 0 Å². The van der Waals surface area contributed by atoms with E-state index in [1.54, 1.807) is 24.4 Å². The Labute approximate surface area is 116 Å². The molecule has 1 heterocycles. The van der Waals surface area contributed by atoms with Gasteiger partial charge >= 0.3 is 0 Å². The Morgan fingerprint density at radius 3 is 3.05 bits per heavy atom. The van der Waals surface area contributed by atoms with Crippen LogP contribution in [0, 0.1) is 5.82 Å². The first-order valence-electron chi connectivity index (χ1n) is 6.41. The third-order valence-corrected chi connectivity index (χ3v) is 3.52. The van der Waals surface area contributed by atoms with Crippen LogP contribution in [-0.2, 0) is 13.0 Å². The van der Waals surface area contributed by atoms with Crippen LogP contribution in [0.2, 0.25) is 5.02 Å². The van der Waals surface area contributed by atoms with Crippen LogP contribution in [0.4, 0.5) is 4.39 Å². The molecule has 1 saturated carbocycles. The van der Waals surface area contributed by atoms with Gasteiger partial charge in [-0.1, -0.05) is 23.7 Å². The van der Waals surface area contributed by atoms with E-state index in [0.29, 0.717) is 18.0 Å². The molecule has 2 aromatic rings. The molecule has 2 N–H and O–H groups in total. The molecule has 1 aliphatic rings. The summed E-state index contributed by atoms with van der Waals surface area (Å²) in [6.07, 6.45) is 4.74. The molecule has 0 bridgehead atoms. The number of imidazole rings is 1. The summed E-state index contributed by atoms with van der Waals surface area (Å²) in [7, 11) is 0. The van der Waals surface area contributed by atoms with Crippen LogP contribution in [0.25, 0.3) is 0 Å². The summed E-state index contributed by atoms with van der Waals surface area (Å²) in [5, 5.41) is 3.56. The van der Waals surface area contributed by atoms with E-state index in [4.69, 9.17) is 11.6 Å². The predicted octanol–water partition coefficient (Wildman–Crippen LogP) is 3.04. The van der Waals surface area contributed by atoms with Crippen LogP contribution in [-0.4, -0.2) is 16.0 Å². The maximum absolute atomic E-state index is 13.8. The number of H-pyrrole nitrogens is 1. The zero-order valence-electron chi connectivity index (χ0n) is 10.4. The van der Waals surface area contributed by atoms with Gasteiger partial charge in [0.1, 0.15) is 11.6 Å². The normalized spacial score (nSPS) is 14.8. The number of aromatic nitrogens is 2. The van der Waals surface area contributed by atoms with Gasteiger partial charge in [0.2, 0.25) is 0 Å². The van der Waals surface area contributed by atoms with E-state index in [-0.39, 0.29) is 10.8 Å². The fourth-order valence-electron chi connectivity index (χ4n) is 1.99. The second-order valence-corrected chi connectivity index (χ2v) is 5.31. The lowest BCUT2D eigenvalue weighted by atomic mass is 10.1. The Morgan fingerprint density at radius 1 is 1.42 bits per heavy atom. The van der Waals surface area contributed by atoms with Crippen LogP contribution < -0.4 is 5.32 Å². The minimum absolute atomic E-state index is 0.152. The number of nitrogens with one attached hydrogen (secondary N) is 2. The van der Waals surface area contributed by atoms with Crippen LogP contribution in [0.3, 0.4) is 0 Å². The molecule has 0 unspecified atom stereocenters. The molecule has 0 spiro atoms. The van der Waals surface area contributed by atoms with Crippen LogP contribution in [0.15, 0.2) is 24.4 Å². The van der Waals surface area contributed by atoms with Crippen molar-refractivity contribution >= 4 is 11.6 Å². The van der Waals surface area contributed by atoms with Crippen molar-refractivity contribution in [2.45, 2.75) is 31.8 Å². The average molecular weight is 280 g/mol. The Hall–Kier alpha value is -1.39. The van der Waals surface area contributed by atoms with Gasteiger partial charge in [-0.05, 0) is 24.5 Å². The summed E-state index contributed by atoms with van der Waals surface area (Å²) in [6, 6.07) is 5.69.